The van der Waals surface area contributed by atoms with Crippen molar-refractivity contribution in [3.8, 4) is 11.5 Å². The van der Waals surface area contributed by atoms with Crippen LogP contribution in [0.25, 0.3) is 0 Å². The molecule has 2 aromatic rings. The summed E-state index contributed by atoms with van der Waals surface area (Å²) in [5.41, 5.74) is 2.02. The highest BCUT2D eigenvalue weighted by Gasteiger charge is 2.22. The van der Waals surface area contributed by atoms with Gasteiger partial charge < -0.3 is 24.6 Å². The summed E-state index contributed by atoms with van der Waals surface area (Å²) in [6.45, 7) is 3.25. The number of carbonyl (C=O) groups excluding carboxylic acids is 2. The molecule has 8 nitrogen and oxygen atoms in total. The van der Waals surface area contributed by atoms with Gasteiger partial charge >= 0.3 is 0 Å². The zero-order chi connectivity index (χ0) is 18.6. The second-order valence-corrected chi connectivity index (χ2v) is 6.35. The van der Waals surface area contributed by atoms with Crippen LogP contribution in [0.2, 0.25) is 0 Å². The van der Waals surface area contributed by atoms with Crippen LogP contribution in [0.15, 0.2) is 36.5 Å². The summed E-state index contributed by atoms with van der Waals surface area (Å²) in [6.07, 6.45) is 2.45. The Morgan fingerprint density at radius 1 is 1.00 bits per heavy atom. The molecule has 0 bridgehead atoms. The van der Waals surface area contributed by atoms with Gasteiger partial charge in [-0.2, -0.15) is 0 Å². The number of aromatic nitrogens is 1. The third-order valence-electron chi connectivity index (χ3n) is 4.56. The SMILES string of the molecule is O=CN1CCN(C(=O)c2ccc(Nc3ccc4c(c3)OCCO4)cn2)CC1. The van der Waals surface area contributed by atoms with E-state index < -0.39 is 0 Å². The molecule has 2 amide bonds. The van der Waals surface area contributed by atoms with Crippen molar-refractivity contribution < 1.29 is 19.1 Å². The smallest absolute Gasteiger partial charge is 0.272 e. The summed E-state index contributed by atoms with van der Waals surface area (Å²) in [7, 11) is 0. The predicted molar refractivity (Wildman–Crippen MR) is 98.5 cm³/mol. The molecule has 0 spiro atoms. The van der Waals surface area contributed by atoms with Gasteiger partial charge in [0, 0.05) is 37.9 Å². The van der Waals surface area contributed by atoms with Crippen molar-refractivity contribution >= 4 is 23.7 Å². The number of fused-ring (bicyclic) bond motifs is 1. The minimum Gasteiger partial charge on any atom is -0.486 e. The molecule has 8 heteroatoms. The molecule has 0 atom stereocenters. The predicted octanol–water partition coefficient (Wildman–Crippen LogP) is 1.51. The Morgan fingerprint density at radius 3 is 2.44 bits per heavy atom. The lowest BCUT2D eigenvalue weighted by atomic mass is 10.2. The number of pyridine rings is 1. The van der Waals surface area contributed by atoms with Crippen LogP contribution in [-0.4, -0.2) is 66.5 Å². The van der Waals surface area contributed by atoms with Gasteiger partial charge in [0.05, 0.1) is 11.9 Å². The van der Waals surface area contributed by atoms with Crippen LogP contribution in [-0.2, 0) is 4.79 Å². The summed E-state index contributed by atoms with van der Waals surface area (Å²) in [6, 6.07) is 9.16. The fourth-order valence-electron chi connectivity index (χ4n) is 3.07. The van der Waals surface area contributed by atoms with Crippen LogP contribution >= 0.6 is 0 Å². The lowest BCUT2D eigenvalue weighted by Crippen LogP contribution is -2.48. The molecule has 1 aromatic heterocycles. The number of nitrogens with one attached hydrogen (secondary N) is 1. The maximum atomic E-state index is 12.5. The first kappa shape index (κ1) is 17.1. The molecular weight excluding hydrogens is 348 g/mol. The molecule has 3 heterocycles. The Labute approximate surface area is 156 Å². The lowest BCUT2D eigenvalue weighted by Gasteiger charge is -2.32. The zero-order valence-corrected chi connectivity index (χ0v) is 14.8. The highest BCUT2D eigenvalue weighted by molar-refractivity contribution is 5.92. The van der Waals surface area contributed by atoms with Crippen LogP contribution < -0.4 is 14.8 Å². The highest BCUT2D eigenvalue weighted by atomic mass is 16.6. The normalized spacial score (nSPS) is 16.0. The summed E-state index contributed by atoms with van der Waals surface area (Å²) < 4.78 is 11.1. The molecule has 1 fully saturated rings. The number of piperazine rings is 1. The fraction of sp³-hybridized carbons (Fsp3) is 0.316. The molecule has 1 saturated heterocycles. The largest absolute Gasteiger partial charge is 0.486 e. The van der Waals surface area contributed by atoms with Crippen molar-refractivity contribution in [2.75, 3.05) is 44.7 Å². The van der Waals surface area contributed by atoms with Gasteiger partial charge in [0.1, 0.15) is 18.9 Å². The van der Waals surface area contributed by atoms with Crippen molar-refractivity contribution in [1.29, 1.82) is 0 Å². The molecule has 0 radical (unpaired) electrons. The van der Waals surface area contributed by atoms with Gasteiger partial charge in [0.15, 0.2) is 11.5 Å². The van der Waals surface area contributed by atoms with E-state index in [4.69, 9.17) is 9.47 Å². The van der Waals surface area contributed by atoms with Gasteiger partial charge in [0.25, 0.3) is 5.91 Å². The Morgan fingerprint density at radius 2 is 1.74 bits per heavy atom. The molecule has 2 aliphatic rings. The molecule has 0 aliphatic carbocycles. The second kappa shape index (κ2) is 7.53. The van der Waals surface area contributed by atoms with E-state index in [1.54, 1.807) is 22.1 Å². The van der Waals surface area contributed by atoms with E-state index in [0.29, 0.717) is 50.8 Å². The average Bonchev–Trinajstić information content (AvgIpc) is 2.74. The number of hydrogen-bond acceptors (Lipinski definition) is 6. The first-order valence-corrected chi connectivity index (χ1v) is 8.84. The van der Waals surface area contributed by atoms with Gasteiger partial charge in [-0.3, -0.25) is 9.59 Å². The first-order valence-electron chi connectivity index (χ1n) is 8.84. The molecule has 1 aromatic carbocycles. The van der Waals surface area contributed by atoms with E-state index in [9.17, 15) is 9.59 Å². The minimum atomic E-state index is -0.119. The van der Waals surface area contributed by atoms with Gasteiger partial charge in [-0.15, -0.1) is 0 Å². The maximum absolute atomic E-state index is 12.5. The van der Waals surface area contributed by atoms with Gasteiger partial charge in [-0.1, -0.05) is 0 Å². The summed E-state index contributed by atoms with van der Waals surface area (Å²) in [4.78, 5) is 31.0. The van der Waals surface area contributed by atoms with Gasteiger partial charge in [-0.05, 0) is 24.3 Å². The third kappa shape index (κ3) is 3.79. The van der Waals surface area contributed by atoms with Crippen molar-refractivity contribution in [3.05, 3.63) is 42.2 Å². The molecule has 0 saturated carbocycles. The number of carbonyl (C=O) groups is 2. The topological polar surface area (TPSA) is 84.0 Å². The van der Waals surface area contributed by atoms with E-state index >= 15 is 0 Å². The van der Waals surface area contributed by atoms with E-state index in [1.807, 2.05) is 24.3 Å². The van der Waals surface area contributed by atoms with Gasteiger partial charge in [0.2, 0.25) is 6.41 Å². The molecular formula is C19H20N4O4. The van der Waals surface area contributed by atoms with E-state index in [-0.39, 0.29) is 5.91 Å². The number of hydrogen-bond donors (Lipinski definition) is 1. The summed E-state index contributed by atoms with van der Waals surface area (Å²) in [5.74, 6) is 1.33. The molecule has 27 heavy (non-hydrogen) atoms. The molecule has 0 unspecified atom stereocenters. The van der Waals surface area contributed by atoms with Gasteiger partial charge in [-0.25, -0.2) is 4.98 Å². The van der Waals surface area contributed by atoms with Crippen molar-refractivity contribution in [2.45, 2.75) is 0 Å². The number of rotatable bonds is 4. The van der Waals surface area contributed by atoms with Crippen molar-refractivity contribution in [1.82, 2.24) is 14.8 Å². The molecule has 1 N–H and O–H groups in total. The number of anilines is 2. The monoisotopic (exact) mass is 368 g/mol. The van der Waals surface area contributed by atoms with E-state index in [0.717, 1.165) is 23.5 Å². The Bertz CT molecular complexity index is 832. The summed E-state index contributed by atoms with van der Waals surface area (Å²) >= 11 is 0. The number of ether oxygens (including phenoxy) is 2. The maximum Gasteiger partial charge on any atom is 0.272 e. The zero-order valence-electron chi connectivity index (χ0n) is 14.8. The third-order valence-corrected chi connectivity index (χ3v) is 4.56. The lowest BCUT2D eigenvalue weighted by molar-refractivity contribution is -0.119. The molecule has 140 valence electrons. The fourth-order valence-corrected chi connectivity index (χ4v) is 3.07. The van der Waals surface area contributed by atoms with Crippen molar-refractivity contribution in [3.63, 3.8) is 0 Å². The quantitative estimate of drug-likeness (QED) is 0.824. The Hall–Kier alpha value is -3.29. The number of amides is 2. The number of benzene rings is 1. The van der Waals surface area contributed by atoms with Crippen LogP contribution in [0.5, 0.6) is 11.5 Å². The Balaban J connectivity index is 1.40. The number of nitrogens with zero attached hydrogens (tertiary/aromatic N) is 3. The van der Waals surface area contributed by atoms with Crippen LogP contribution in [0.4, 0.5) is 11.4 Å². The van der Waals surface area contributed by atoms with Crippen LogP contribution in [0, 0.1) is 0 Å². The second-order valence-electron chi connectivity index (χ2n) is 6.35. The van der Waals surface area contributed by atoms with Crippen LogP contribution in [0.1, 0.15) is 10.5 Å². The van der Waals surface area contributed by atoms with E-state index in [1.165, 1.54) is 0 Å². The van der Waals surface area contributed by atoms with Crippen LogP contribution in [0.3, 0.4) is 0 Å². The average molecular weight is 368 g/mol. The molecule has 4 rings (SSSR count). The first-order chi connectivity index (χ1) is 13.2. The minimum absolute atomic E-state index is 0.119. The van der Waals surface area contributed by atoms with Crippen molar-refractivity contribution in [2.24, 2.45) is 0 Å². The summed E-state index contributed by atoms with van der Waals surface area (Å²) in [5, 5.41) is 3.24. The molecule has 2 aliphatic heterocycles. The van der Waals surface area contributed by atoms with E-state index in [2.05, 4.69) is 10.3 Å². The highest BCUT2D eigenvalue weighted by Crippen LogP contribution is 2.33. The standard InChI is InChI=1S/C19H20N4O4/c24-13-22-5-7-23(8-6-22)19(25)16-3-1-15(12-20-16)21-14-2-4-17-18(11-14)27-10-9-26-17/h1-4,11-13,21H,5-10H2. The Kier molecular flexibility index (Phi) is 4.78.